The largest absolute Gasteiger partial charge is 0.464 e. The first kappa shape index (κ1) is 11.8. The van der Waals surface area contributed by atoms with Gasteiger partial charge in [-0.1, -0.05) is 103 Å². The van der Waals surface area contributed by atoms with E-state index in [1.165, 1.54) is 6.26 Å². The minimum Gasteiger partial charge on any atom is -0.464 e. The lowest BCUT2D eigenvalue weighted by molar-refractivity contribution is 0.615. The van der Waals surface area contributed by atoms with Crippen LogP contribution in [-0.2, 0) is 0 Å². The van der Waals surface area contributed by atoms with Crippen LogP contribution in [0.5, 0.6) is 0 Å². The lowest BCUT2D eigenvalue weighted by Gasteiger charge is -2.18. The van der Waals surface area contributed by atoms with Gasteiger partial charge in [-0.3, -0.25) is 0 Å². The second kappa shape index (κ2) is 8.08. The Morgan fingerprint density at radius 2 is 1.20 bits per heavy atom. The normalized spacial score (nSPS) is 17.2. The first-order chi connectivity index (χ1) is 26.1. The highest BCUT2D eigenvalue weighted by Gasteiger charge is 2.22. The number of rotatable bonds is 2. The number of para-hydroxylation sites is 1. The first-order valence-corrected chi connectivity index (χ1v) is 12.4. The van der Waals surface area contributed by atoms with E-state index >= 15 is 0 Å². The van der Waals surface area contributed by atoms with Crippen molar-refractivity contribution in [1.29, 1.82) is 0 Å². The Kier molecular flexibility index (Phi) is 2.39. The number of hydrogen-bond donors (Lipinski definition) is 0. The summed E-state index contributed by atoms with van der Waals surface area (Å²) in [5, 5.41) is -0.126. The van der Waals surface area contributed by atoms with Crippen molar-refractivity contribution in [3.63, 3.8) is 0 Å². The Morgan fingerprint density at radius 3 is 1.98 bits per heavy atom. The molecule has 0 aliphatic carbocycles. The van der Waals surface area contributed by atoms with Gasteiger partial charge in [0.05, 0.1) is 26.8 Å². The van der Waals surface area contributed by atoms with Crippen LogP contribution in [0.3, 0.4) is 0 Å². The molecule has 186 valence electrons. The summed E-state index contributed by atoms with van der Waals surface area (Å²) in [7, 11) is 0. The molecular weight excluding hydrogens is 488 g/mol. The monoisotopic (exact) mass is 525 g/mol. The SMILES string of the molecule is [2H]c1c([2H])c([2H])c2c([2H])c(-c3c4c([2H])c([2H])c([2H])c([2H])c4c(-c4cc5occc5c5c4oc4ccccc45)c4c([2H])c([2H])c([2H])c([2H])c34)c([2H])c([2H])c2c1[2H]. The van der Waals surface area contributed by atoms with Gasteiger partial charge in [-0.05, 0) is 67.7 Å². The summed E-state index contributed by atoms with van der Waals surface area (Å²) >= 11 is 0. The molecule has 7 aromatic carbocycles. The van der Waals surface area contributed by atoms with E-state index in [1.807, 2.05) is 12.1 Å². The van der Waals surface area contributed by atoms with Gasteiger partial charge >= 0.3 is 0 Å². The quantitative estimate of drug-likeness (QED) is 0.210. The van der Waals surface area contributed by atoms with Crippen LogP contribution >= 0.6 is 0 Å². The van der Waals surface area contributed by atoms with Crippen LogP contribution in [-0.4, -0.2) is 0 Å². The van der Waals surface area contributed by atoms with Gasteiger partial charge in [-0.2, -0.15) is 0 Å². The van der Waals surface area contributed by atoms with E-state index in [9.17, 15) is 8.22 Å². The molecule has 9 rings (SSSR count). The van der Waals surface area contributed by atoms with Crippen molar-refractivity contribution in [1.82, 2.24) is 0 Å². The fourth-order valence-electron chi connectivity index (χ4n) is 5.57. The predicted molar refractivity (Wildman–Crippen MR) is 167 cm³/mol. The van der Waals surface area contributed by atoms with Crippen molar-refractivity contribution in [2.45, 2.75) is 0 Å². The van der Waals surface area contributed by atoms with Crippen LogP contribution < -0.4 is 0 Å². The maximum absolute atomic E-state index is 9.41. The highest BCUT2D eigenvalue weighted by Crippen LogP contribution is 2.48. The third-order valence-corrected chi connectivity index (χ3v) is 7.22. The fraction of sp³-hybridized carbons (Fsp3) is 0. The van der Waals surface area contributed by atoms with E-state index in [2.05, 4.69) is 0 Å². The third-order valence-electron chi connectivity index (χ3n) is 7.22. The summed E-state index contributed by atoms with van der Waals surface area (Å²) in [6, 6.07) is 0.104. The minimum atomic E-state index is -0.755. The molecule has 0 radical (unpaired) electrons. The second-order valence-corrected chi connectivity index (χ2v) is 9.31. The molecule has 0 fully saturated rings. The summed E-state index contributed by atoms with van der Waals surface area (Å²) in [6.07, 6.45) is 1.46. The summed E-state index contributed by atoms with van der Waals surface area (Å²) in [5.74, 6) is 0. The Labute approximate surface area is 250 Å². The smallest absolute Gasteiger partial charge is 0.144 e. The molecule has 0 atom stereocenters. The molecule has 0 bridgehead atoms. The van der Waals surface area contributed by atoms with Gasteiger partial charge in [0.25, 0.3) is 0 Å². The van der Waals surface area contributed by atoms with Crippen molar-refractivity contribution in [2.24, 2.45) is 0 Å². The minimum absolute atomic E-state index is 0.0676. The van der Waals surface area contributed by atoms with Crippen LogP contribution in [0.4, 0.5) is 0 Å². The van der Waals surface area contributed by atoms with Crippen LogP contribution in [0.15, 0.2) is 142 Å². The van der Waals surface area contributed by atoms with Gasteiger partial charge in [0.2, 0.25) is 0 Å². The lowest BCUT2D eigenvalue weighted by Crippen LogP contribution is -1.91. The van der Waals surface area contributed by atoms with E-state index in [-0.39, 0.29) is 38.3 Å². The van der Waals surface area contributed by atoms with Gasteiger partial charge in [0.15, 0.2) is 0 Å². The Morgan fingerprint density at radius 1 is 0.550 bits per heavy atom. The van der Waals surface area contributed by atoms with Crippen molar-refractivity contribution in [3.05, 3.63) is 133 Å². The number of furan rings is 2. The molecule has 2 heteroatoms. The zero-order chi connectivity index (χ0) is 39.3. The lowest BCUT2D eigenvalue weighted by atomic mass is 9.85. The van der Waals surface area contributed by atoms with E-state index in [4.69, 9.17) is 21.2 Å². The molecule has 2 nitrogen and oxygen atoms in total. The maximum atomic E-state index is 9.41. The second-order valence-electron chi connectivity index (χ2n) is 9.31. The van der Waals surface area contributed by atoms with Crippen molar-refractivity contribution in [2.75, 3.05) is 0 Å². The molecule has 0 unspecified atom stereocenters. The zero-order valence-electron chi connectivity index (χ0n) is 35.4. The standard InChI is InChI=1S/C38H22O2/c1-2-10-24-21-25(18-17-23(24)9-1)35-26-11-3-5-13-28(26)36(29-14-6-4-12-27(29)35)32-22-34-31(19-20-39-34)37-30-15-7-8-16-33(30)40-38(32)37/h1-22H/i1D,2D,3D,4D,5D,6D,9D,10D,11D,12D,13D,14D,17D,18D,21D. The molecule has 40 heavy (non-hydrogen) atoms. The van der Waals surface area contributed by atoms with Crippen molar-refractivity contribution >= 4 is 65.2 Å². The van der Waals surface area contributed by atoms with Crippen LogP contribution in [0.2, 0.25) is 0 Å². The highest BCUT2D eigenvalue weighted by atomic mass is 16.3. The summed E-state index contributed by atoms with van der Waals surface area (Å²) < 4.78 is 146. The van der Waals surface area contributed by atoms with Gasteiger partial charge in [0, 0.05) is 27.3 Å². The summed E-state index contributed by atoms with van der Waals surface area (Å²) in [4.78, 5) is 0. The topological polar surface area (TPSA) is 26.3 Å². The van der Waals surface area contributed by atoms with Gasteiger partial charge in [-0.15, -0.1) is 0 Å². The van der Waals surface area contributed by atoms with Crippen molar-refractivity contribution < 1.29 is 29.4 Å². The maximum Gasteiger partial charge on any atom is 0.144 e. The zero-order valence-corrected chi connectivity index (χ0v) is 20.4. The molecule has 0 amide bonds. The molecule has 0 N–H and O–H groups in total. The molecule has 0 saturated heterocycles. The van der Waals surface area contributed by atoms with Crippen LogP contribution in [0.1, 0.15) is 20.6 Å². The third kappa shape index (κ3) is 2.93. The first-order valence-electron chi connectivity index (χ1n) is 19.9. The van der Waals surface area contributed by atoms with Gasteiger partial charge in [0.1, 0.15) is 16.7 Å². The number of benzene rings is 7. The van der Waals surface area contributed by atoms with Gasteiger partial charge in [-0.25, -0.2) is 0 Å². The Bertz CT molecular complexity index is 3190. The van der Waals surface area contributed by atoms with Gasteiger partial charge < -0.3 is 8.83 Å². The predicted octanol–water partition coefficient (Wildman–Crippen LogP) is 11.1. The Balaban J connectivity index is 1.65. The van der Waals surface area contributed by atoms with Crippen LogP contribution in [0.25, 0.3) is 87.5 Å². The van der Waals surface area contributed by atoms with Crippen LogP contribution in [0, 0.1) is 0 Å². The molecule has 2 heterocycles. The molecular formula is C38H22O2. The summed E-state index contributed by atoms with van der Waals surface area (Å²) in [5.41, 5.74) is 0.203. The summed E-state index contributed by atoms with van der Waals surface area (Å²) in [6.45, 7) is 0. The molecule has 0 aliphatic heterocycles. The average Bonchev–Trinajstić information content (AvgIpc) is 3.81. The fourth-order valence-corrected chi connectivity index (χ4v) is 5.57. The molecule has 0 saturated carbocycles. The van der Waals surface area contributed by atoms with Crippen molar-refractivity contribution in [3.8, 4) is 22.3 Å². The molecule has 0 aliphatic rings. The number of hydrogen-bond acceptors (Lipinski definition) is 2. The van der Waals surface area contributed by atoms with E-state index < -0.39 is 113 Å². The molecule has 2 aromatic heterocycles. The van der Waals surface area contributed by atoms with E-state index in [0.29, 0.717) is 27.3 Å². The Hall–Kier alpha value is -5.34. The number of fused-ring (bicyclic) bond motifs is 8. The van der Waals surface area contributed by atoms with E-state index in [1.54, 1.807) is 24.3 Å². The average molecular weight is 526 g/mol. The molecule has 0 spiro atoms. The van der Waals surface area contributed by atoms with E-state index in [0.717, 1.165) is 0 Å². The molecule has 9 aromatic rings. The highest BCUT2D eigenvalue weighted by molar-refractivity contribution is 6.28.